The Morgan fingerprint density at radius 3 is 3.00 bits per heavy atom. The second kappa shape index (κ2) is 5.84. The molecule has 0 saturated heterocycles. The van der Waals surface area contributed by atoms with Crippen LogP contribution in [0.2, 0.25) is 0 Å². The monoisotopic (exact) mass is 299 g/mol. The molecular weight excluding hydrogens is 286 g/mol. The van der Waals surface area contributed by atoms with Crippen LogP contribution < -0.4 is 5.32 Å². The number of thiophene rings is 1. The SMILES string of the molecule is Cc1ccc(C(=O)NCc2cn(-c3cccnc3)nn2)s1. The second-order valence-electron chi connectivity index (χ2n) is 4.46. The number of aryl methyl sites for hydroxylation is 1. The molecule has 3 aromatic heterocycles. The van der Waals surface area contributed by atoms with Crippen LogP contribution in [0.1, 0.15) is 20.2 Å². The van der Waals surface area contributed by atoms with Gasteiger partial charge in [-0.05, 0) is 31.2 Å². The topological polar surface area (TPSA) is 72.7 Å². The van der Waals surface area contributed by atoms with Gasteiger partial charge in [-0.2, -0.15) is 0 Å². The Morgan fingerprint density at radius 1 is 1.38 bits per heavy atom. The highest BCUT2D eigenvalue weighted by atomic mass is 32.1. The number of amides is 1. The zero-order valence-corrected chi connectivity index (χ0v) is 12.2. The van der Waals surface area contributed by atoms with Gasteiger partial charge in [0.15, 0.2) is 0 Å². The van der Waals surface area contributed by atoms with E-state index < -0.39 is 0 Å². The van der Waals surface area contributed by atoms with E-state index in [0.29, 0.717) is 17.1 Å². The Balaban J connectivity index is 1.64. The lowest BCUT2D eigenvalue weighted by molar-refractivity contribution is 0.0954. The molecule has 0 aromatic carbocycles. The van der Waals surface area contributed by atoms with Gasteiger partial charge < -0.3 is 5.32 Å². The minimum atomic E-state index is -0.0935. The van der Waals surface area contributed by atoms with Gasteiger partial charge in [0.1, 0.15) is 5.69 Å². The predicted molar refractivity (Wildman–Crippen MR) is 79.4 cm³/mol. The minimum absolute atomic E-state index is 0.0935. The molecule has 0 aliphatic heterocycles. The molecule has 21 heavy (non-hydrogen) atoms. The molecular formula is C14H13N5OS. The Hall–Kier alpha value is -2.54. The molecule has 3 aromatic rings. The second-order valence-corrected chi connectivity index (χ2v) is 5.75. The highest BCUT2D eigenvalue weighted by molar-refractivity contribution is 7.13. The molecule has 0 unspecified atom stereocenters. The largest absolute Gasteiger partial charge is 0.346 e. The molecule has 3 rings (SSSR count). The minimum Gasteiger partial charge on any atom is -0.346 e. The summed E-state index contributed by atoms with van der Waals surface area (Å²) in [6, 6.07) is 7.47. The van der Waals surface area contributed by atoms with Gasteiger partial charge in [0.05, 0.1) is 29.5 Å². The van der Waals surface area contributed by atoms with Crippen LogP contribution in [0.3, 0.4) is 0 Å². The third kappa shape index (κ3) is 3.14. The van der Waals surface area contributed by atoms with Gasteiger partial charge in [-0.25, -0.2) is 4.68 Å². The van der Waals surface area contributed by atoms with Gasteiger partial charge in [0.25, 0.3) is 5.91 Å². The number of rotatable bonds is 4. The van der Waals surface area contributed by atoms with Crippen LogP contribution in [0, 0.1) is 6.92 Å². The van der Waals surface area contributed by atoms with Crippen LogP contribution in [0.4, 0.5) is 0 Å². The van der Waals surface area contributed by atoms with Crippen molar-refractivity contribution in [2.75, 3.05) is 0 Å². The maximum absolute atomic E-state index is 11.9. The van der Waals surface area contributed by atoms with E-state index in [2.05, 4.69) is 20.6 Å². The van der Waals surface area contributed by atoms with Crippen LogP contribution >= 0.6 is 11.3 Å². The fraction of sp³-hybridized carbons (Fsp3) is 0.143. The quantitative estimate of drug-likeness (QED) is 0.799. The molecule has 0 aliphatic carbocycles. The van der Waals surface area contributed by atoms with E-state index in [1.54, 1.807) is 23.3 Å². The smallest absolute Gasteiger partial charge is 0.261 e. The number of hydrogen-bond acceptors (Lipinski definition) is 5. The molecule has 0 radical (unpaired) electrons. The fourth-order valence-corrected chi connectivity index (χ4v) is 2.59. The number of carbonyl (C=O) groups is 1. The Morgan fingerprint density at radius 2 is 2.29 bits per heavy atom. The van der Waals surface area contributed by atoms with E-state index in [1.165, 1.54) is 11.3 Å². The number of nitrogens with zero attached hydrogens (tertiary/aromatic N) is 4. The van der Waals surface area contributed by atoms with Gasteiger partial charge in [-0.3, -0.25) is 9.78 Å². The van der Waals surface area contributed by atoms with E-state index in [1.807, 2.05) is 31.2 Å². The highest BCUT2D eigenvalue weighted by Crippen LogP contribution is 2.14. The van der Waals surface area contributed by atoms with E-state index in [0.717, 1.165) is 10.6 Å². The first-order valence-corrected chi connectivity index (χ1v) is 7.20. The van der Waals surface area contributed by atoms with Crippen molar-refractivity contribution < 1.29 is 4.79 Å². The Kier molecular flexibility index (Phi) is 3.74. The number of pyridine rings is 1. The fourth-order valence-electron chi connectivity index (χ4n) is 1.81. The van der Waals surface area contributed by atoms with Crippen molar-refractivity contribution in [3.8, 4) is 5.69 Å². The number of hydrogen-bond donors (Lipinski definition) is 1. The molecule has 1 amide bonds. The summed E-state index contributed by atoms with van der Waals surface area (Å²) in [5.41, 5.74) is 1.52. The first kappa shape index (κ1) is 13.4. The summed E-state index contributed by atoms with van der Waals surface area (Å²) in [5, 5.41) is 10.9. The molecule has 0 spiro atoms. The van der Waals surface area contributed by atoms with E-state index in [9.17, 15) is 4.79 Å². The molecule has 106 valence electrons. The van der Waals surface area contributed by atoms with E-state index >= 15 is 0 Å². The zero-order chi connectivity index (χ0) is 14.7. The molecule has 7 heteroatoms. The van der Waals surface area contributed by atoms with E-state index in [4.69, 9.17) is 0 Å². The van der Waals surface area contributed by atoms with Gasteiger partial charge in [-0.1, -0.05) is 5.21 Å². The third-order valence-electron chi connectivity index (χ3n) is 2.85. The van der Waals surface area contributed by atoms with Crippen molar-refractivity contribution in [2.24, 2.45) is 0 Å². The van der Waals surface area contributed by atoms with Gasteiger partial charge in [0, 0.05) is 11.1 Å². The van der Waals surface area contributed by atoms with Gasteiger partial charge in [0.2, 0.25) is 0 Å². The summed E-state index contributed by atoms with van der Waals surface area (Å²) in [6.45, 7) is 2.32. The van der Waals surface area contributed by atoms with Crippen LogP contribution in [-0.4, -0.2) is 25.9 Å². The summed E-state index contributed by atoms with van der Waals surface area (Å²) >= 11 is 1.47. The molecule has 6 nitrogen and oxygen atoms in total. The maximum atomic E-state index is 11.9. The van der Waals surface area contributed by atoms with Gasteiger partial charge in [-0.15, -0.1) is 16.4 Å². The lowest BCUT2D eigenvalue weighted by Gasteiger charge is -2.00. The first-order valence-electron chi connectivity index (χ1n) is 6.38. The molecule has 0 atom stereocenters. The van der Waals surface area contributed by atoms with Crippen molar-refractivity contribution >= 4 is 17.2 Å². The summed E-state index contributed by atoms with van der Waals surface area (Å²) in [7, 11) is 0. The van der Waals surface area contributed by atoms with Crippen LogP contribution in [0.5, 0.6) is 0 Å². The number of aromatic nitrogens is 4. The van der Waals surface area contributed by atoms with Gasteiger partial charge >= 0.3 is 0 Å². The van der Waals surface area contributed by atoms with Crippen LogP contribution in [0.15, 0.2) is 42.9 Å². The summed E-state index contributed by atoms with van der Waals surface area (Å²) in [5.74, 6) is -0.0935. The Labute approximate surface area is 125 Å². The maximum Gasteiger partial charge on any atom is 0.261 e. The van der Waals surface area contributed by atoms with Crippen LogP contribution in [0.25, 0.3) is 5.69 Å². The van der Waals surface area contributed by atoms with Crippen molar-refractivity contribution in [2.45, 2.75) is 13.5 Å². The lowest BCUT2D eigenvalue weighted by atomic mass is 10.4. The molecule has 0 bridgehead atoms. The normalized spacial score (nSPS) is 10.5. The highest BCUT2D eigenvalue weighted by Gasteiger charge is 2.09. The van der Waals surface area contributed by atoms with E-state index in [-0.39, 0.29) is 5.91 Å². The lowest BCUT2D eigenvalue weighted by Crippen LogP contribution is -2.21. The molecule has 0 saturated carbocycles. The number of carbonyl (C=O) groups excluding carboxylic acids is 1. The van der Waals surface area contributed by atoms with Crippen LogP contribution in [-0.2, 0) is 6.54 Å². The molecule has 0 fully saturated rings. The molecule has 0 aliphatic rings. The summed E-state index contributed by atoms with van der Waals surface area (Å²) < 4.78 is 1.63. The van der Waals surface area contributed by atoms with Crippen molar-refractivity contribution in [3.63, 3.8) is 0 Å². The zero-order valence-electron chi connectivity index (χ0n) is 11.4. The molecule has 3 heterocycles. The number of nitrogens with one attached hydrogen (secondary N) is 1. The summed E-state index contributed by atoms with van der Waals surface area (Å²) in [6.07, 6.45) is 5.17. The van der Waals surface area contributed by atoms with Crippen molar-refractivity contribution in [3.05, 3.63) is 58.3 Å². The standard InChI is InChI=1S/C14H13N5OS/c1-10-4-5-13(21-10)14(20)16-7-11-9-19(18-17-11)12-3-2-6-15-8-12/h2-6,8-9H,7H2,1H3,(H,16,20). The average molecular weight is 299 g/mol. The summed E-state index contributed by atoms with van der Waals surface area (Å²) in [4.78, 5) is 17.8. The molecule has 1 N–H and O–H groups in total. The van der Waals surface area contributed by atoms with Crippen molar-refractivity contribution in [1.29, 1.82) is 0 Å². The average Bonchev–Trinajstić information content (AvgIpc) is 3.15. The Bertz CT molecular complexity index is 750. The first-order chi connectivity index (χ1) is 10.2. The third-order valence-corrected chi connectivity index (χ3v) is 3.84. The van der Waals surface area contributed by atoms with Crippen molar-refractivity contribution in [1.82, 2.24) is 25.3 Å². The predicted octanol–water partition coefficient (Wildman–Crippen LogP) is 1.96.